The molecule has 0 aromatic heterocycles. The number of nitrogens with zero attached hydrogens (tertiary/aromatic N) is 1. The summed E-state index contributed by atoms with van der Waals surface area (Å²) in [6.45, 7) is 7.26. The standard InChI is InChI=1S/C16H30N2O3/c1-4-8-16(14(20)21)9-7-10-18(12-16)13(19)15(5-2,6-3)11-17/h4-12,17H2,1-3H3,(H,20,21). The summed E-state index contributed by atoms with van der Waals surface area (Å²) in [6, 6.07) is 0. The predicted molar refractivity (Wildman–Crippen MR) is 82.9 cm³/mol. The zero-order chi connectivity index (χ0) is 16.1. The van der Waals surface area contributed by atoms with Crippen molar-refractivity contribution in [2.75, 3.05) is 19.6 Å². The van der Waals surface area contributed by atoms with Gasteiger partial charge in [0.05, 0.1) is 10.8 Å². The van der Waals surface area contributed by atoms with E-state index in [4.69, 9.17) is 5.73 Å². The third-order valence-electron chi connectivity index (χ3n) is 5.24. The van der Waals surface area contributed by atoms with Crippen LogP contribution in [0, 0.1) is 10.8 Å². The molecule has 1 saturated heterocycles. The molecule has 1 heterocycles. The molecule has 1 fully saturated rings. The van der Waals surface area contributed by atoms with Gasteiger partial charge in [-0.2, -0.15) is 0 Å². The summed E-state index contributed by atoms with van der Waals surface area (Å²) in [5.41, 5.74) is 4.55. The lowest BCUT2D eigenvalue weighted by atomic mass is 9.74. The van der Waals surface area contributed by atoms with Crippen LogP contribution in [0.15, 0.2) is 0 Å². The first-order chi connectivity index (χ1) is 9.91. The second kappa shape index (κ2) is 7.25. The first kappa shape index (κ1) is 18.0. The minimum Gasteiger partial charge on any atom is -0.481 e. The third-order valence-corrected chi connectivity index (χ3v) is 5.24. The molecule has 1 aliphatic rings. The van der Waals surface area contributed by atoms with E-state index in [1.165, 1.54) is 0 Å². The van der Waals surface area contributed by atoms with Crippen LogP contribution in [0.1, 0.15) is 59.3 Å². The van der Waals surface area contributed by atoms with Crippen molar-refractivity contribution in [3.8, 4) is 0 Å². The Balaban J connectivity index is 2.98. The maximum atomic E-state index is 12.9. The van der Waals surface area contributed by atoms with Crippen LogP contribution in [0.25, 0.3) is 0 Å². The highest BCUT2D eigenvalue weighted by Gasteiger charge is 2.46. The van der Waals surface area contributed by atoms with Crippen LogP contribution in [0.3, 0.4) is 0 Å². The highest BCUT2D eigenvalue weighted by atomic mass is 16.4. The molecule has 122 valence electrons. The van der Waals surface area contributed by atoms with Gasteiger partial charge in [0, 0.05) is 19.6 Å². The number of piperidine rings is 1. The number of carbonyl (C=O) groups is 2. The number of nitrogens with two attached hydrogens (primary N) is 1. The number of carboxylic acid groups (broad SMARTS) is 1. The summed E-state index contributed by atoms with van der Waals surface area (Å²) in [4.78, 5) is 26.4. The van der Waals surface area contributed by atoms with Crippen molar-refractivity contribution in [2.24, 2.45) is 16.6 Å². The van der Waals surface area contributed by atoms with Crippen LogP contribution in [-0.4, -0.2) is 41.5 Å². The van der Waals surface area contributed by atoms with Gasteiger partial charge in [0.15, 0.2) is 0 Å². The Hall–Kier alpha value is -1.10. The van der Waals surface area contributed by atoms with E-state index in [0.717, 1.165) is 12.8 Å². The average Bonchev–Trinajstić information content (AvgIpc) is 2.50. The Morgan fingerprint density at radius 3 is 2.33 bits per heavy atom. The molecule has 3 N–H and O–H groups in total. The van der Waals surface area contributed by atoms with Crippen molar-refractivity contribution in [3.63, 3.8) is 0 Å². The SMILES string of the molecule is CCCC1(C(=O)O)CCCN(C(=O)C(CC)(CC)CN)C1. The Morgan fingerprint density at radius 2 is 1.90 bits per heavy atom. The first-order valence-corrected chi connectivity index (χ1v) is 8.14. The van der Waals surface area contributed by atoms with Crippen molar-refractivity contribution >= 4 is 11.9 Å². The van der Waals surface area contributed by atoms with Crippen LogP contribution in [0.4, 0.5) is 0 Å². The van der Waals surface area contributed by atoms with E-state index in [1.807, 2.05) is 20.8 Å². The molecular weight excluding hydrogens is 268 g/mol. The number of hydrogen-bond acceptors (Lipinski definition) is 3. The number of hydrogen-bond donors (Lipinski definition) is 2. The van der Waals surface area contributed by atoms with Gasteiger partial charge in [0.25, 0.3) is 0 Å². The van der Waals surface area contributed by atoms with E-state index in [2.05, 4.69) is 0 Å². The number of carboxylic acids is 1. The predicted octanol–water partition coefficient (Wildman–Crippen LogP) is 2.25. The Labute approximate surface area is 127 Å². The minimum absolute atomic E-state index is 0.0384. The maximum absolute atomic E-state index is 12.9. The molecule has 5 nitrogen and oxygen atoms in total. The normalized spacial score (nSPS) is 23.1. The summed E-state index contributed by atoms with van der Waals surface area (Å²) in [7, 11) is 0. The van der Waals surface area contributed by atoms with Crippen LogP contribution in [-0.2, 0) is 9.59 Å². The second-order valence-corrected chi connectivity index (χ2v) is 6.36. The largest absolute Gasteiger partial charge is 0.481 e. The van der Waals surface area contributed by atoms with Crippen LogP contribution < -0.4 is 5.73 Å². The lowest BCUT2D eigenvalue weighted by molar-refractivity contribution is -0.158. The van der Waals surface area contributed by atoms with Gasteiger partial charge in [-0.15, -0.1) is 0 Å². The molecule has 1 atom stereocenters. The molecule has 0 aromatic rings. The Bertz CT molecular complexity index is 367. The van der Waals surface area contributed by atoms with Crippen molar-refractivity contribution in [1.82, 2.24) is 4.90 Å². The van der Waals surface area contributed by atoms with Crippen LogP contribution >= 0.6 is 0 Å². The molecule has 0 bridgehead atoms. The topological polar surface area (TPSA) is 83.6 Å². The fourth-order valence-corrected chi connectivity index (χ4v) is 3.53. The van der Waals surface area contributed by atoms with Crippen molar-refractivity contribution < 1.29 is 14.7 Å². The fourth-order valence-electron chi connectivity index (χ4n) is 3.53. The van der Waals surface area contributed by atoms with Gasteiger partial charge in [0.2, 0.25) is 5.91 Å². The van der Waals surface area contributed by atoms with Gasteiger partial charge >= 0.3 is 5.97 Å². The lowest BCUT2D eigenvalue weighted by Gasteiger charge is -2.43. The van der Waals surface area contributed by atoms with E-state index in [0.29, 0.717) is 45.3 Å². The zero-order valence-corrected chi connectivity index (χ0v) is 13.7. The van der Waals surface area contributed by atoms with Crippen LogP contribution in [0.5, 0.6) is 0 Å². The molecule has 1 aliphatic heterocycles. The molecular formula is C16H30N2O3. The molecule has 0 radical (unpaired) electrons. The summed E-state index contributed by atoms with van der Waals surface area (Å²) in [5, 5.41) is 9.63. The molecule has 1 amide bonds. The Morgan fingerprint density at radius 1 is 1.29 bits per heavy atom. The number of likely N-dealkylation sites (tertiary alicyclic amines) is 1. The van der Waals surface area contributed by atoms with Gasteiger partial charge in [-0.1, -0.05) is 27.2 Å². The van der Waals surface area contributed by atoms with Crippen molar-refractivity contribution in [2.45, 2.75) is 59.3 Å². The van der Waals surface area contributed by atoms with Gasteiger partial charge in [0.1, 0.15) is 0 Å². The maximum Gasteiger partial charge on any atom is 0.311 e. The van der Waals surface area contributed by atoms with Gasteiger partial charge in [-0.3, -0.25) is 9.59 Å². The highest BCUT2D eigenvalue weighted by molar-refractivity contribution is 5.84. The third kappa shape index (κ3) is 3.39. The fraction of sp³-hybridized carbons (Fsp3) is 0.875. The molecule has 0 saturated carbocycles. The molecule has 1 unspecified atom stereocenters. The highest BCUT2D eigenvalue weighted by Crippen LogP contribution is 2.37. The summed E-state index contributed by atoms with van der Waals surface area (Å²) in [6.07, 6.45) is 4.25. The summed E-state index contributed by atoms with van der Waals surface area (Å²) in [5.74, 6) is -0.732. The lowest BCUT2D eigenvalue weighted by Crippen LogP contribution is -2.55. The van der Waals surface area contributed by atoms with E-state index < -0.39 is 16.8 Å². The molecule has 1 rings (SSSR count). The summed E-state index contributed by atoms with van der Waals surface area (Å²) < 4.78 is 0. The number of rotatable bonds is 7. The van der Waals surface area contributed by atoms with Gasteiger partial charge < -0.3 is 15.7 Å². The summed E-state index contributed by atoms with van der Waals surface area (Å²) >= 11 is 0. The van der Waals surface area contributed by atoms with Crippen LogP contribution in [0.2, 0.25) is 0 Å². The molecule has 0 aliphatic carbocycles. The van der Waals surface area contributed by atoms with E-state index in [-0.39, 0.29) is 5.91 Å². The molecule has 0 aromatic carbocycles. The monoisotopic (exact) mass is 298 g/mol. The van der Waals surface area contributed by atoms with E-state index in [9.17, 15) is 14.7 Å². The second-order valence-electron chi connectivity index (χ2n) is 6.36. The van der Waals surface area contributed by atoms with Crippen molar-refractivity contribution in [3.05, 3.63) is 0 Å². The van der Waals surface area contributed by atoms with E-state index in [1.54, 1.807) is 4.90 Å². The van der Waals surface area contributed by atoms with Crippen molar-refractivity contribution in [1.29, 1.82) is 0 Å². The van der Waals surface area contributed by atoms with Gasteiger partial charge in [-0.25, -0.2) is 0 Å². The Kier molecular flexibility index (Phi) is 6.20. The number of amides is 1. The molecule has 5 heteroatoms. The first-order valence-electron chi connectivity index (χ1n) is 8.14. The smallest absolute Gasteiger partial charge is 0.311 e. The number of carbonyl (C=O) groups excluding carboxylic acids is 1. The zero-order valence-electron chi connectivity index (χ0n) is 13.7. The van der Waals surface area contributed by atoms with E-state index >= 15 is 0 Å². The average molecular weight is 298 g/mol. The quantitative estimate of drug-likeness (QED) is 0.755. The molecule has 0 spiro atoms. The number of aliphatic carboxylic acids is 1. The minimum atomic E-state index is -0.773. The molecule has 21 heavy (non-hydrogen) atoms. The van der Waals surface area contributed by atoms with Gasteiger partial charge in [-0.05, 0) is 32.1 Å².